The lowest BCUT2D eigenvalue weighted by Crippen LogP contribution is -2.22. The number of carboxylic acids is 1. The number of allylic oxidation sites excluding steroid dienone is 4. The van der Waals surface area contributed by atoms with Gasteiger partial charge in [-0.1, -0.05) is 112 Å². The van der Waals surface area contributed by atoms with Gasteiger partial charge in [0.25, 0.3) is 0 Å². The Balaban J connectivity index is 0.000000479. The van der Waals surface area contributed by atoms with Crippen molar-refractivity contribution in [3.63, 3.8) is 0 Å². The van der Waals surface area contributed by atoms with Gasteiger partial charge in [-0.2, -0.15) is 0 Å². The van der Waals surface area contributed by atoms with E-state index in [0.29, 0.717) is 38.5 Å². The van der Waals surface area contributed by atoms with Gasteiger partial charge in [0.05, 0.1) is 0 Å². The van der Waals surface area contributed by atoms with E-state index in [1.165, 1.54) is 32.1 Å². The molecule has 0 spiro atoms. The second-order valence-electron chi connectivity index (χ2n) is 14.9. The Morgan fingerprint density at radius 2 is 1.17 bits per heavy atom. The highest BCUT2D eigenvalue weighted by atomic mass is 35.5. The standard InChI is InChI=1S/C21H21NO6.C12H12O3.C9H11NO4.C5H9ClO/c1-16(10-12-20(23)27-15-18-6-3-2-4-7-18)28-21(24)13-11-17-8-5-9-19(14-17)22(25)26;1-10(13)7-8-12(14)15-9-11-5-3-2-4-6-11;11-9(12)5-4-7-2-1-3-8(6-7)10(13)14;1-5(2,3)4(6)7/h2-4,6-8,11,13,16,19H,5,9,14-15H2,1H3;2-6,10,13H,9H2,1H3;2,4-5,8H,1,3,6H2,(H,11,12);1-3H3/b13-11+;;5-4+;/t16-,19?;10-;;/m11../s1. The first kappa shape index (κ1) is 55.1. The molecule has 64 heavy (non-hydrogen) atoms. The lowest BCUT2D eigenvalue weighted by molar-refractivity contribution is -0.523. The van der Waals surface area contributed by atoms with Crippen LogP contribution in [0.4, 0.5) is 0 Å². The van der Waals surface area contributed by atoms with Crippen molar-refractivity contribution in [3.05, 3.63) is 140 Å². The fraction of sp³-hybridized carbons (Fsp3) is 0.383. The van der Waals surface area contributed by atoms with Gasteiger partial charge in [0.2, 0.25) is 17.3 Å². The average molecular weight is 905 g/mol. The summed E-state index contributed by atoms with van der Waals surface area (Å²) in [5.74, 6) is 6.29. The fourth-order valence-electron chi connectivity index (χ4n) is 4.91. The van der Waals surface area contributed by atoms with Crippen molar-refractivity contribution in [1.82, 2.24) is 0 Å². The Morgan fingerprint density at radius 1 is 0.766 bits per heavy atom. The average Bonchev–Trinajstić information content (AvgIpc) is 3.26. The summed E-state index contributed by atoms with van der Waals surface area (Å²) in [4.78, 5) is 75.6. The van der Waals surface area contributed by atoms with E-state index < -0.39 is 48.2 Å². The third-order valence-corrected chi connectivity index (χ3v) is 8.86. The zero-order valence-corrected chi connectivity index (χ0v) is 37.0. The van der Waals surface area contributed by atoms with Crippen molar-refractivity contribution in [2.24, 2.45) is 5.41 Å². The maximum absolute atomic E-state index is 11.8. The molecule has 2 aliphatic rings. The number of rotatable bonds is 11. The van der Waals surface area contributed by atoms with Gasteiger partial charge in [-0.15, -0.1) is 0 Å². The van der Waals surface area contributed by atoms with Gasteiger partial charge < -0.3 is 24.4 Å². The number of nitrogens with zero attached hydrogens (tertiary/aromatic N) is 2. The Morgan fingerprint density at radius 3 is 1.55 bits per heavy atom. The minimum atomic E-state index is -1.03. The summed E-state index contributed by atoms with van der Waals surface area (Å²) in [6.07, 6.45) is 10.2. The number of ether oxygens (including phenoxy) is 3. The number of hydrogen-bond donors (Lipinski definition) is 2. The van der Waals surface area contributed by atoms with Crippen LogP contribution in [0.25, 0.3) is 0 Å². The molecule has 0 bridgehead atoms. The van der Waals surface area contributed by atoms with E-state index in [9.17, 15) is 44.2 Å². The number of benzene rings is 2. The molecule has 0 radical (unpaired) electrons. The number of nitro groups is 2. The summed E-state index contributed by atoms with van der Waals surface area (Å²) in [5.41, 5.74) is 2.85. The van der Waals surface area contributed by atoms with Crippen molar-refractivity contribution in [2.45, 2.75) is 111 Å². The molecule has 0 aromatic heterocycles. The van der Waals surface area contributed by atoms with Crippen LogP contribution in [0.3, 0.4) is 0 Å². The lowest BCUT2D eigenvalue weighted by Gasteiger charge is -2.14. The van der Waals surface area contributed by atoms with Crippen LogP contribution >= 0.6 is 11.6 Å². The first-order valence-electron chi connectivity index (χ1n) is 19.9. The van der Waals surface area contributed by atoms with Crippen LogP contribution in [0.1, 0.15) is 84.3 Å². The molecule has 2 aromatic rings. The molecule has 2 aromatic carbocycles. The molecule has 16 nitrogen and oxygen atoms in total. The van der Waals surface area contributed by atoms with Gasteiger partial charge in [-0.25, -0.2) is 19.2 Å². The van der Waals surface area contributed by atoms with E-state index in [0.717, 1.165) is 28.3 Å². The Bertz CT molecular complexity index is 2130. The first-order valence-corrected chi connectivity index (χ1v) is 20.3. The van der Waals surface area contributed by atoms with Gasteiger partial charge in [0.1, 0.15) is 19.3 Å². The van der Waals surface area contributed by atoms with E-state index in [-0.39, 0.29) is 33.7 Å². The summed E-state index contributed by atoms with van der Waals surface area (Å²) < 4.78 is 14.9. The second-order valence-corrected chi connectivity index (χ2v) is 15.3. The maximum atomic E-state index is 11.8. The molecule has 4 atom stereocenters. The Labute approximate surface area is 377 Å². The molecule has 0 saturated carbocycles. The Kier molecular flexibility index (Phi) is 26.0. The molecule has 0 heterocycles. The fourth-order valence-corrected chi connectivity index (χ4v) is 4.91. The summed E-state index contributed by atoms with van der Waals surface area (Å²) in [5, 5.41) is 38.2. The largest absolute Gasteiger partial charge is 0.478 e. The molecule has 17 heteroatoms. The summed E-state index contributed by atoms with van der Waals surface area (Å²) >= 11 is 5.11. The number of aliphatic carboxylic acids is 1. The second kappa shape index (κ2) is 30.2. The topological polar surface area (TPSA) is 240 Å². The maximum Gasteiger partial charge on any atom is 0.384 e. The third kappa shape index (κ3) is 27.1. The molecular formula is C47H53ClN2O14. The van der Waals surface area contributed by atoms with E-state index in [1.807, 2.05) is 72.8 Å². The molecular weight excluding hydrogens is 852 g/mol. The number of aliphatic hydroxyl groups is 1. The van der Waals surface area contributed by atoms with Crippen molar-refractivity contribution >= 4 is 40.7 Å². The van der Waals surface area contributed by atoms with Crippen LogP contribution in [-0.4, -0.2) is 73.5 Å². The van der Waals surface area contributed by atoms with Crippen molar-refractivity contribution < 1.29 is 58.2 Å². The number of halogens is 1. The van der Waals surface area contributed by atoms with Crippen LogP contribution < -0.4 is 0 Å². The number of hydrogen-bond acceptors (Lipinski definition) is 13. The number of carboxylic acid groups (broad SMARTS) is 1. The normalized spacial score (nSPS) is 16.1. The third-order valence-electron chi connectivity index (χ3n) is 8.29. The van der Waals surface area contributed by atoms with E-state index in [1.54, 1.807) is 20.8 Å². The quantitative estimate of drug-likeness (QED) is 0.0330. The first-order chi connectivity index (χ1) is 30.2. The molecule has 0 amide bonds. The summed E-state index contributed by atoms with van der Waals surface area (Å²) in [6.45, 7) is 8.68. The number of carbonyl (C=O) groups excluding carboxylic acids is 4. The van der Waals surface area contributed by atoms with Crippen LogP contribution in [0.2, 0.25) is 0 Å². The van der Waals surface area contributed by atoms with Gasteiger partial charge in [-0.3, -0.25) is 25.0 Å². The van der Waals surface area contributed by atoms with E-state index in [4.69, 9.17) is 36.0 Å². The van der Waals surface area contributed by atoms with Gasteiger partial charge in [-0.05, 0) is 66.5 Å². The van der Waals surface area contributed by atoms with Crippen molar-refractivity contribution in [1.29, 1.82) is 0 Å². The minimum absolute atomic E-state index is 0.117. The molecule has 4 rings (SSSR count). The zero-order valence-electron chi connectivity index (χ0n) is 36.3. The highest BCUT2D eigenvalue weighted by Gasteiger charge is 2.24. The van der Waals surface area contributed by atoms with Crippen molar-refractivity contribution in [3.8, 4) is 23.7 Å². The zero-order chi connectivity index (χ0) is 48.1. The molecule has 342 valence electrons. The van der Waals surface area contributed by atoms with Crippen molar-refractivity contribution in [2.75, 3.05) is 0 Å². The van der Waals surface area contributed by atoms with E-state index in [2.05, 4.69) is 23.7 Å². The number of carbonyl (C=O) groups is 5. The van der Waals surface area contributed by atoms with Crippen LogP contribution in [0.15, 0.2) is 108 Å². The Hall–Kier alpha value is -6.88. The van der Waals surface area contributed by atoms with Gasteiger partial charge in [0, 0.05) is 64.9 Å². The predicted octanol–water partition coefficient (Wildman–Crippen LogP) is 7.27. The van der Waals surface area contributed by atoms with Crippen LogP contribution in [0, 0.1) is 49.3 Å². The molecule has 0 aliphatic heterocycles. The van der Waals surface area contributed by atoms with Gasteiger partial charge >= 0.3 is 23.9 Å². The summed E-state index contributed by atoms with van der Waals surface area (Å²) in [7, 11) is 0. The number of esters is 3. The van der Waals surface area contributed by atoms with E-state index >= 15 is 0 Å². The van der Waals surface area contributed by atoms with Crippen LogP contribution in [0.5, 0.6) is 0 Å². The highest BCUT2D eigenvalue weighted by Crippen LogP contribution is 2.22. The summed E-state index contributed by atoms with van der Waals surface area (Å²) in [6, 6.07) is 17.3. The van der Waals surface area contributed by atoms with Crippen LogP contribution in [-0.2, 0) is 51.4 Å². The van der Waals surface area contributed by atoms with Gasteiger partial charge in [0.15, 0.2) is 6.10 Å². The molecule has 2 N–H and O–H groups in total. The molecule has 0 saturated heterocycles. The monoisotopic (exact) mass is 904 g/mol. The molecule has 2 unspecified atom stereocenters. The molecule has 0 fully saturated rings. The highest BCUT2D eigenvalue weighted by molar-refractivity contribution is 6.64. The minimum Gasteiger partial charge on any atom is -0.478 e. The molecule has 2 aliphatic carbocycles. The predicted molar refractivity (Wildman–Crippen MR) is 237 cm³/mol. The number of aliphatic hydroxyl groups excluding tert-OH is 1. The lowest BCUT2D eigenvalue weighted by atomic mass is 9.95. The smallest absolute Gasteiger partial charge is 0.384 e. The SMILES string of the molecule is CC(C)(C)C(=O)Cl.C[C@@H](O)C#CC(=O)OCc1ccccc1.C[C@H](C#CC(=O)OCc1ccccc1)OC(=O)/C=C/C1=CCCC([N+](=O)[O-])C1.O=C(O)/C=C/C1=CCCC([N+](=O)[O-])C1.